The molecule has 0 unspecified atom stereocenters. The van der Waals surface area contributed by atoms with Gasteiger partial charge in [-0.05, 0) is 20.8 Å². The van der Waals surface area contributed by atoms with E-state index in [4.69, 9.17) is 0 Å². The van der Waals surface area contributed by atoms with E-state index in [1.165, 1.54) is 0 Å². The number of hydrogen-bond acceptors (Lipinski definition) is 2. The van der Waals surface area contributed by atoms with Crippen LogP contribution >= 0.6 is 12.6 Å². The first-order valence-corrected chi connectivity index (χ1v) is 4.76. The van der Waals surface area contributed by atoms with E-state index in [0.29, 0.717) is 0 Å². The van der Waals surface area contributed by atoms with Crippen LogP contribution in [0.25, 0.3) is 0 Å². The summed E-state index contributed by atoms with van der Waals surface area (Å²) in [6, 6.07) is 0. The van der Waals surface area contributed by atoms with Crippen molar-refractivity contribution in [2.45, 2.75) is 39.4 Å². The molecule has 2 nitrogen and oxygen atoms in total. The summed E-state index contributed by atoms with van der Waals surface area (Å²) in [5.74, 6) is 0. The molecule has 12 heavy (non-hydrogen) atoms. The van der Waals surface area contributed by atoms with Crippen molar-refractivity contribution < 1.29 is 0 Å². The molecule has 0 radical (unpaired) electrons. The Bertz CT molecular complexity index is 134. The van der Waals surface area contributed by atoms with Gasteiger partial charge in [0.2, 0.25) is 0 Å². The largest absolute Gasteiger partial charge is 0.274 e. The van der Waals surface area contributed by atoms with E-state index in [9.17, 15) is 0 Å². The van der Waals surface area contributed by atoms with Crippen molar-refractivity contribution in [2.24, 2.45) is 9.98 Å². The van der Waals surface area contributed by atoms with Gasteiger partial charge in [-0.1, -0.05) is 13.8 Å². The van der Waals surface area contributed by atoms with Crippen LogP contribution in [0.1, 0.15) is 34.6 Å². The molecule has 0 heterocycles. The molecule has 0 amide bonds. The molecule has 3 heteroatoms. The lowest BCUT2D eigenvalue weighted by atomic mass is 10.2. The predicted molar refractivity (Wildman–Crippen MR) is 61.9 cm³/mol. The summed E-state index contributed by atoms with van der Waals surface area (Å²) in [5, 5.41) is 0. The first-order chi connectivity index (χ1) is 5.56. The Balaban J connectivity index is 0. The summed E-state index contributed by atoms with van der Waals surface area (Å²) < 4.78 is -0.139. The lowest BCUT2D eigenvalue weighted by molar-refractivity contribution is 0.985. The van der Waals surface area contributed by atoms with Crippen molar-refractivity contribution in [1.82, 2.24) is 0 Å². The van der Waals surface area contributed by atoms with E-state index in [-0.39, 0.29) is 4.75 Å². The summed E-state index contributed by atoms with van der Waals surface area (Å²) in [4.78, 5) is 7.86. The third-order valence-electron chi connectivity index (χ3n) is 0.721. The summed E-state index contributed by atoms with van der Waals surface area (Å²) in [6.07, 6.45) is 3.31. The zero-order chi connectivity index (χ0) is 10.0. The first-order valence-electron chi connectivity index (χ1n) is 4.31. The molecule has 0 saturated carbocycles. The van der Waals surface area contributed by atoms with Crippen LogP contribution in [0.5, 0.6) is 0 Å². The summed E-state index contributed by atoms with van der Waals surface area (Å²) in [6.45, 7) is 10.7. The number of rotatable bonds is 3. The standard InChI is InChI=1S/C7H14N2S.C2H6/c1-4-8-6-9-5-7(2,3)10;1-2/h5-6,10H,4H2,1-3H3;1-2H3. The minimum Gasteiger partial charge on any atom is -0.274 e. The minimum absolute atomic E-state index is 0.139. The number of hydrogen-bond donors (Lipinski definition) is 1. The summed E-state index contributed by atoms with van der Waals surface area (Å²) in [5.41, 5.74) is 0. The molecular weight excluding hydrogens is 168 g/mol. The van der Waals surface area contributed by atoms with E-state index in [0.717, 1.165) is 6.54 Å². The van der Waals surface area contributed by atoms with Crippen molar-refractivity contribution >= 4 is 25.2 Å². The molecular formula is C9H20N2S. The topological polar surface area (TPSA) is 24.7 Å². The van der Waals surface area contributed by atoms with Gasteiger partial charge in [0.1, 0.15) is 6.34 Å². The molecule has 0 aromatic rings. The molecule has 0 rings (SSSR count). The van der Waals surface area contributed by atoms with Gasteiger partial charge in [-0.2, -0.15) is 12.6 Å². The number of thiol groups is 1. The quantitative estimate of drug-likeness (QED) is 0.400. The maximum atomic E-state index is 4.25. The molecule has 0 N–H and O–H groups in total. The molecule has 0 aromatic heterocycles. The van der Waals surface area contributed by atoms with Gasteiger partial charge in [0.05, 0.1) is 0 Å². The van der Waals surface area contributed by atoms with E-state index in [2.05, 4.69) is 22.6 Å². The maximum absolute atomic E-state index is 4.25. The van der Waals surface area contributed by atoms with Gasteiger partial charge in [0.15, 0.2) is 0 Å². The van der Waals surface area contributed by atoms with Crippen LogP contribution in [0.4, 0.5) is 0 Å². The third kappa shape index (κ3) is 16.3. The van der Waals surface area contributed by atoms with Crippen LogP contribution in [-0.4, -0.2) is 23.8 Å². The highest BCUT2D eigenvalue weighted by atomic mass is 32.1. The molecule has 0 atom stereocenters. The van der Waals surface area contributed by atoms with Crippen LogP contribution < -0.4 is 0 Å². The fourth-order valence-corrected chi connectivity index (χ4v) is 0.411. The highest BCUT2D eigenvalue weighted by Crippen LogP contribution is 2.06. The fraction of sp³-hybridized carbons (Fsp3) is 0.778. The van der Waals surface area contributed by atoms with E-state index < -0.39 is 0 Å². The van der Waals surface area contributed by atoms with Gasteiger partial charge in [0, 0.05) is 17.5 Å². The molecule has 0 fully saturated rings. The Kier molecular flexibility index (Phi) is 10.4. The highest BCUT2D eigenvalue weighted by Gasteiger charge is 2.04. The average molecular weight is 188 g/mol. The van der Waals surface area contributed by atoms with Crippen LogP contribution in [-0.2, 0) is 0 Å². The van der Waals surface area contributed by atoms with Gasteiger partial charge in [-0.15, -0.1) is 0 Å². The van der Waals surface area contributed by atoms with Crippen molar-refractivity contribution in [1.29, 1.82) is 0 Å². The van der Waals surface area contributed by atoms with E-state index in [1.807, 2.05) is 34.6 Å². The normalized spacial score (nSPS) is 11.8. The number of nitrogens with zero attached hydrogens (tertiary/aromatic N) is 2. The Morgan fingerprint density at radius 2 is 1.83 bits per heavy atom. The van der Waals surface area contributed by atoms with E-state index >= 15 is 0 Å². The Hall–Kier alpha value is -0.310. The molecule has 0 aromatic carbocycles. The zero-order valence-corrected chi connectivity index (χ0v) is 9.60. The SMILES string of the molecule is CC.CCN=CN=CC(C)(C)S. The smallest absolute Gasteiger partial charge is 0.109 e. The van der Waals surface area contributed by atoms with E-state index in [1.54, 1.807) is 12.6 Å². The predicted octanol–water partition coefficient (Wildman–Crippen LogP) is 2.84. The summed E-state index contributed by atoms with van der Waals surface area (Å²) >= 11 is 4.25. The third-order valence-corrected chi connectivity index (χ3v) is 0.837. The summed E-state index contributed by atoms with van der Waals surface area (Å²) in [7, 11) is 0. The van der Waals surface area contributed by atoms with Gasteiger partial charge in [-0.3, -0.25) is 4.99 Å². The molecule has 0 saturated heterocycles. The average Bonchev–Trinajstić information content (AvgIpc) is 2.01. The molecule has 72 valence electrons. The highest BCUT2D eigenvalue weighted by molar-refractivity contribution is 7.82. The monoisotopic (exact) mass is 188 g/mol. The minimum atomic E-state index is -0.139. The second-order valence-electron chi connectivity index (χ2n) is 2.55. The second-order valence-corrected chi connectivity index (χ2v) is 3.70. The van der Waals surface area contributed by atoms with Gasteiger partial charge in [0.25, 0.3) is 0 Å². The Morgan fingerprint density at radius 3 is 2.17 bits per heavy atom. The lowest BCUT2D eigenvalue weighted by Gasteiger charge is -2.07. The Morgan fingerprint density at radius 1 is 1.33 bits per heavy atom. The Labute approximate surface area is 81.6 Å². The maximum Gasteiger partial charge on any atom is 0.109 e. The molecule has 0 spiro atoms. The fourth-order valence-electron chi connectivity index (χ4n) is 0.345. The van der Waals surface area contributed by atoms with Gasteiger partial charge < -0.3 is 0 Å². The number of aliphatic imine (C=N–C) groups is 2. The van der Waals surface area contributed by atoms with Crippen molar-refractivity contribution in [3.05, 3.63) is 0 Å². The second kappa shape index (κ2) is 8.78. The lowest BCUT2D eigenvalue weighted by Crippen LogP contribution is -2.11. The van der Waals surface area contributed by atoms with Crippen LogP contribution in [0.2, 0.25) is 0 Å². The van der Waals surface area contributed by atoms with Crippen LogP contribution in [0.15, 0.2) is 9.98 Å². The van der Waals surface area contributed by atoms with Crippen LogP contribution in [0.3, 0.4) is 0 Å². The molecule has 0 bridgehead atoms. The van der Waals surface area contributed by atoms with Crippen molar-refractivity contribution in [2.75, 3.05) is 6.54 Å². The van der Waals surface area contributed by atoms with Gasteiger partial charge in [-0.25, -0.2) is 4.99 Å². The molecule has 0 aliphatic rings. The molecule has 0 aliphatic heterocycles. The zero-order valence-electron chi connectivity index (χ0n) is 8.70. The van der Waals surface area contributed by atoms with Crippen LogP contribution in [0, 0.1) is 0 Å². The molecule has 0 aliphatic carbocycles. The van der Waals surface area contributed by atoms with Crippen molar-refractivity contribution in [3.63, 3.8) is 0 Å². The van der Waals surface area contributed by atoms with Gasteiger partial charge >= 0.3 is 0 Å². The van der Waals surface area contributed by atoms with Crippen molar-refractivity contribution in [3.8, 4) is 0 Å². The first kappa shape index (κ1) is 14.2.